The molecule has 0 aliphatic carbocycles. The molecular weight excluding hydrogens is 306 g/mol. The standard InChI is InChI=1S/C10H14F2N6O2S/c1-19-8(20-2)5-18-10(14-15-16-18)21-6-7-13-3-4-17(7)9(11)12/h3-4,8-9H,5-6H2,1-2H3. The number of thioether (sulfide) groups is 1. The van der Waals surface area contributed by atoms with Crippen LogP contribution in [0.1, 0.15) is 12.4 Å². The molecular formula is C10H14F2N6O2S. The lowest BCUT2D eigenvalue weighted by atomic mass is 10.6. The van der Waals surface area contributed by atoms with Gasteiger partial charge in [0.2, 0.25) is 5.16 Å². The zero-order chi connectivity index (χ0) is 15.2. The van der Waals surface area contributed by atoms with Crippen molar-refractivity contribution in [3.63, 3.8) is 0 Å². The molecule has 0 radical (unpaired) electrons. The van der Waals surface area contributed by atoms with E-state index in [1.165, 1.54) is 43.1 Å². The van der Waals surface area contributed by atoms with Crippen molar-refractivity contribution in [2.45, 2.75) is 30.3 Å². The third kappa shape index (κ3) is 3.95. The van der Waals surface area contributed by atoms with Gasteiger partial charge in [-0.2, -0.15) is 8.78 Å². The number of imidazole rings is 1. The predicted molar refractivity (Wildman–Crippen MR) is 68.7 cm³/mol. The molecule has 0 atom stereocenters. The van der Waals surface area contributed by atoms with Crippen LogP contribution in [0.3, 0.4) is 0 Å². The van der Waals surface area contributed by atoms with Gasteiger partial charge in [-0.25, -0.2) is 9.67 Å². The fraction of sp³-hybridized carbons (Fsp3) is 0.600. The fourth-order valence-electron chi connectivity index (χ4n) is 1.56. The Morgan fingerprint density at radius 1 is 1.33 bits per heavy atom. The molecule has 2 heterocycles. The van der Waals surface area contributed by atoms with Crippen LogP contribution in [0.4, 0.5) is 8.78 Å². The quantitative estimate of drug-likeness (QED) is 0.533. The van der Waals surface area contributed by atoms with Crippen LogP contribution in [0.2, 0.25) is 0 Å². The number of aromatic nitrogens is 6. The van der Waals surface area contributed by atoms with E-state index in [4.69, 9.17) is 9.47 Å². The third-order valence-corrected chi connectivity index (χ3v) is 3.59. The summed E-state index contributed by atoms with van der Waals surface area (Å²) in [4.78, 5) is 3.89. The molecule has 0 amide bonds. The van der Waals surface area contributed by atoms with Gasteiger partial charge in [-0.05, 0) is 10.4 Å². The lowest BCUT2D eigenvalue weighted by Crippen LogP contribution is -2.22. The average Bonchev–Trinajstić information content (AvgIpc) is 3.11. The molecule has 0 saturated heterocycles. The van der Waals surface area contributed by atoms with Crippen molar-refractivity contribution in [3.05, 3.63) is 18.2 Å². The van der Waals surface area contributed by atoms with E-state index < -0.39 is 12.8 Å². The average molecular weight is 320 g/mol. The van der Waals surface area contributed by atoms with Crippen LogP contribution in [0.15, 0.2) is 17.6 Å². The highest BCUT2D eigenvalue weighted by molar-refractivity contribution is 7.98. The van der Waals surface area contributed by atoms with Crippen molar-refractivity contribution in [2.24, 2.45) is 0 Å². The second-order valence-electron chi connectivity index (χ2n) is 3.86. The number of tetrazole rings is 1. The Morgan fingerprint density at radius 3 is 2.76 bits per heavy atom. The molecule has 0 aromatic carbocycles. The maximum Gasteiger partial charge on any atom is 0.319 e. The van der Waals surface area contributed by atoms with Crippen LogP contribution < -0.4 is 0 Å². The smallest absolute Gasteiger partial charge is 0.319 e. The monoisotopic (exact) mass is 320 g/mol. The predicted octanol–water partition coefficient (Wildman–Crippen LogP) is 1.18. The number of methoxy groups -OCH3 is 2. The van der Waals surface area contributed by atoms with Crippen LogP contribution in [0, 0.1) is 0 Å². The number of rotatable bonds is 8. The zero-order valence-electron chi connectivity index (χ0n) is 11.4. The van der Waals surface area contributed by atoms with Gasteiger partial charge in [-0.15, -0.1) is 5.10 Å². The Labute approximate surface area is 123 Å². The first-order valence-corrected chi connectivity index (χ1v) is 6.88. The van der Waals surface area contributed by atoms with E-state index in [1.54, 1.807) is 0 Å². The summed E-state index contributed by atoms with van der Waals surface area (Å²) in [5.41, 5.74) is 0. The van der Waals surface area contributed by atoms with E-state index in [9.17, 15) is 8.78 Å². The molecule has 11 heteroatoms. The molecule has 0 fully saturated rings. The summed E-state index contributed by atoms with van der Waals surface area (Å²) in [5, 5.41) is 11.7. The summed E-state index contributed by atoms with van der Waals surface area (Å²) in [6, 6.07) is 0. The van der Waals surface area contributed by atoms with Gasteiger partial charge in [0.1, 0.15) is 5.82 Å². The summed E-state index contributed by atoms with van der Waals surface area (Å²) in [6.07, 6.45) is 2.07. The minimum atomic E-state index is -2.62. The van der Waals surface area contributed by atoms with Crippen LogP contribution in [-0.2, 0) is 21.8 Å². The summed E-state index contributed by atoms with van der Waals surface area (Å²) in [6.45, 7) is -2.32. The van der Waals surface area contributed by atoms with Crippen LogP contribution >= 0.6 is 11.8 Å². The fourth-order valence-corrected chi connectivity index (χ4v) is 2.40. The van der Waals surface area contributed by atoms with E-state index in [2.05, 4.69) is 20.5 Å². The van der Waals surface area contributed by atoms with Crippen molar-refractivity contribution in [2.75, 3.05) is 14.2 Å². The van der Waals surface area contributed by atoms with Gasteiger partial charge in [0.25, 0.3) is 0 Å². The maximum absolute atomic E-state index is 12.7. The Bertz CT molecular complexity index is 559. The van der Waals surface area contributed by atoms with Gasteiger partial charge in [0.15, 0.2) is 6.29 Å². The van der Waals surface area contributed by atoms with Crippen molar-refractivity contribution >= 4 is 11.8 Å². The number of nitrogens with zero attached hydrogens (tertiary/aromatic N) is 6. The van der Waals surface area contributed by atoms with Gasteiger partial charge in [-0.3, -0.25) is 4.57 Å². The topological polar surface area (TPSA) is 79.9 Å². The second kappa shape index (κ2) is 7.43. The largest absolute Gasteiger partial charge is 0.354 e. The molecule has 0 aliphatic heterocycles. The van der Waals surface area contributed by atoms with Crippen molar-refractivity contribution in [1.29, 1.82) is 0 Å². The highest BCUT2D eigenvalue weighted by Gasteiger charge is 2.16. The molecule has 0 bridgehead atoms. The van der Waals surface area contributed by atoms with Crippen molar-refractivity contribution in [3.8, 4) is 0 Å². The van der Waals surface area contributed by atoms with Crippen LogP contribution in [-0.4, -0.2) is 50.3 Å². The molecule has 0 N–H and O–H groups in total. The Balaban J connectivity index is 2.01. The highest BCUT2D eigenvalue weighted by Crippen LogP contribution is 2.22. The van der Waals surface area contributed by atoms with Crippen LogP contribution in [0.5, 0.6) is 0 Å². The SMILES string of the molecule is COC(Cn1nnnc1SCc1nccn1C(F)F)OC. The van der Waals surface area contributed by atoms with Gasteiger partial charge < -0.3 is 9.47 Å². The number of alkyl halides is 2. The molecule has 0 aliphatic rings. The van der Waals surface area contributed by atoms with E-state index in [0.29, 0.717) is 11.7 Å². The lowest BCUT2D eigenvalue weighted by molar-refractivity contribution is -0.113. The Kier molecular flexibility index (Phi) is 5.59. The molecule has 116 valence electrons. The maximum atomic E-state index is 12.7. The highest BCUT2D eigenvalue weighted by atomic mass is 32.2. The first kappa shape index (κ1) is 15.8. The minimum Gasteiger partial charge on any atom is -0.354 e. The molecule has 0 saturated carbocycles. The molecule has 21 heavy (non-hydrogen) atoms. The number of halogens is 2. The molecule has 0 unspecified atom stereocenters. The molecule has 2 aromatic heterocycles. The second-order valence-corrected chi connectivity index (χ2v) is 4.80. The normalized spacial score (nSPS) is 11.7. The number of hydrogen-bond donors (Lipinski definition) is 0. The summed E-state index contributed by atoms with van der Waals surface area (Å²) >= 11 is 1.21. The first-order valence-electron chi connectivity index (χ1n) is 5.90. The van der Waals surface area contributed by atoms with Gasteiger partial charge in [-0.1, -0.05) is 11.8 Å². The Hall–Kier alpha value is -1.59. The molecule has 8 nitrogen and oxygen atoms in total. The lowest BCUT2D eigenvalue weighted by Gasteiger charge is -2.13. The minimum absolute atomic E-state index is 0.225. The van der Waals surface area contributed by atoms with E-state index in [-0.39, 0.29) is 11.6 Å². The zero-order valence-corrected chi connectivity index (χ0v) is 12.2. The van der Waals surface area contributed by atoms with Gasteiger partial charge in [0, 0.05) is 26.6 Å². The van der Waals surface area contributed by atoms with Crippen molar-refractivity contribution in [1.82, 2.24) is 29.8 Å². The number of hydrogen-bond acceptors (Lipinski definition) is 7. The van der Waals surface area contributed by atoms with Gasteiger partial charge in [0.05, 0.1) is 12.3 Å². The first-order chi connectivity index (χ1) is 10.2. The summed E-state index contributed by atoms with van der Waals surface area (Å²) in [5.74, 6) is 0.474. The van der Waals surface area contributed by atoms with E-state index in [0.717, 1.165) is 4.57 Å². The van der Waals surface area contributed by atoms with E-state index in [1.807, 2.05) is 0 Å². The van der Waals surface area contributed by atoms with Gasteiger partial charge >= 0.3 is 6.55 Å². The third-order valence-electron chi connectivity index (χ3n) is 2.64. The summed E-state index contributed by atoms with van der Waals surface area (Å²) < 4.78 is 37.8. The molecule has 2 rings (SSSR count). The Morgan fingerprint density at radius 2 is 2.10 bits per heavy atom. The molecule has 0 spiro atoms. The summed E-state index contributed by atoms with van der Waals surface area (Å²) in [7, 11) is 3.01. The van der Waals surface area contributed by atoms with Crippen molar-refractivity contribution < 1.29 is 18.3 Å². The number of ether oxygens (including phenoxy) is 2. The molecule has 2 aromatic rings. The van der Waals surface area contributed by atoms with E-state index >= 15 is 0 Å². The van der Waals surface area contributed by atoms with Crippen LogP contribution in [0.25, 0.3) is 0 Å².